The Morgan fingerprint density at radius 3 is 2.50 bits per heavy atom. The summed E-state index contributed by atoms with van der Waals surface area (Å²) in [7, 11) is 0. The molecule has 0 aliphatic carbocycles. The van der Waals surface area contributed by atoms with Crippen LogP contribution < -0.4 is 5.56 Å². The lowest BCUT2D eigenvalue weighted by Crippen LogP contribution is -2.38. The first-order valence-electron chi connectivity index (χ1n) is 10.1. The van der Waals surface area contributed by atoms with Crippen molar-refractivity contribution < 1.29 is 9.53 Å². The standard InChI is InChI=1S/C23H30N2O3/c1-16-14-18(3)24-23(27)21(16)8-9-22(26)20-6-4-19(5-7-20)17(2)15-25-10-12-28-13-11-25/h4-7,14,17H,8-13,15H2,1-3H3,(H,24,27). The van der Waals surface area contributed by atoms with Crippen molar-refractivity contribution in [3.63, 3.8) is 0 Å². The zero-order valence-electron chi connectivity index (χ0n) is 17.1. The number of benzene rings is 1. The second-order valence-electron chi connectivity index (χ2n) is 7.80. The summed E-state index contributed by atoms with van der Waals surface area (Å²) in [4.78, 5) is 29.9. The van der Waals surface area contributed by atoms with E-state index in [-0.39, 0.29) is 11.3 Å². The maximum absolute atomic E-state index is 12.6. The van der Waals surface area contributed by atoms with Crippen molar-refractivity contribution in [1.82, 2.24) is 9.88 Å². The number of Topliss-reactive ketones (excluding diaryl/α,β-unsaturated/α-hetero) is 1. The van der Waals surface area contributed by atoms with Crippen LogP contribution in [0.4, 0.5) is 0 Å². The topological polar surface area (TPSA) is 62.4 Å². The van der Waals surface area contributed by atoms with Crippen LogP contribution in [0, 0.1) is 13.8 Å². The molecule has 0 radical (unpaired) electrons. The van der Waals surface area contributed by atoms with E-state index in [1.54, 1.807) is 0 Å². The molecule has 1 aliphatic rings. The number of nitrogens with zero attached hydrogens (tertiary/aromatic N) is 1. The summed E-state index contributed by atoms with van der Waals surface area (Å²) < 4.78 is 5.40. The average molecular weight is 383 g/mol. The van der Waals surface area contributed by atoms with E-state index < -0.39 is 0 Å². The second-order valence-corrected chi connectivity index (χ2v) is 7.80. The first-order valence-corrected chi connectivity index (χ1v) is 10.1. The van der Waals surface area contributed by atoms with E-state index >= 15 is 0 Å². The number of ether oxygens (including phenoxy) is 1. The van der Waals surface area contributed by atoms with E-state index in [1.165, 1.54) is 5.56 Å². The minimum absolute atomic E-state index is 0.0757. The molecule has 28 heavy (non-hydrogen) atoms. The number of morpholine rings is 1. The maximum atomic E-state index is 12.6. The summed E-state index contributed by atoms with van der Waals surface area (Å²) in [5.41, 5.74) is 4.37. The van der Waals surface area contributed by atoms with Gasteiger partial charge in [-0.3, -0.25) is 14.5 Å². The Hall–Kier alpha value is -2.24. The molecule has 1 aliphatic heterocycles. The third kappa shape index (κ3) is 5.18. The number of hydrogen-bond donors (Lipinski definition) is 1. The number of carbonyl (C=O) groups is 1. The van der Waals surface area contributed by atoms with Gasteiger partial charge in [0.1, 0.15) is 0 Å². The Balaban J connectivity index is 1.58. The van der Waals surface area contributed by atoms with Crippen LogP contribution in [0.15, 0.2) is 35.1 Å². The number of aryl methyl sites for hydroxylation is 2. The molecule has 0 spiro atoms. The zero-order chi connectivity index (χ0) is 20.1. The van der Waals surface area contributed by atoms with Gasteiger partial charge < -0.3 is 9.72 Å². The Morgan fingerprint density at radius 1 is 1.18 bits per heavy atom. The van der Waals surface area contributed by atoms with Crippen molar-refractivity contribution in [3.8, 4) is 0 Å². The van der Waals surface area contributed by atoms with Gasteiger partial charge in [-0.2, -0.15) is 0 Å². The third-order valence-electron chi connectivity index (χ3n) is 5.53. The Bertz CT molecular complexity index is 864. The van der Waals surface area contributed by atoms with E-state index in [9.17, 15) is 9.59 Å². The van der Waals surface area contributed by atoms with Crippen LogP contribution in [0.25, 0.3) is 0 Å². The largest absolute Gasteiger partial charge is 0.379 e. The first kappa shape index (κ1) is 20.5. The van der Waals surface area contributed by atoms with Crippen LogP contribution in [0.2, 0.25) is 0 Å². The molecule has 1 saturated heterocycles. The van der Waals surface area contributed by atoms with Crippen LogP contribution in [0.1, 0.15) is 52.0 Å². The number of hydrogen-bond acceptors (Lipinski definition) is 4. The van der Waals surface area contributed by atoms with Crippen molar-refractivity contribution >= 4 is 5.78 Å². The van der Waals surface area contributed by atoms with Gasteiger partial charge in [-0.05, 0) is 43.4 Å². The fraction of sp³-hybridized carbons (Fsp3) is 0.478. The summed E-state index contributed by atoms with van der Waals surface area (Å²) in [6.45, 7) is 10.6. The van der Waals surface area contributed by atoms with Gasteiger partial charge in [0, 0.05) is 42.9 Å². The minimum atomic E-state index is -0.0856. The third-order valence-corrected chi connectivity index (χ3v) is 5.53. The van der Waals surface area contributed by atoms with Crippen molar-refractivity contribution in [3.05, 3.63) is 68.6 Å². The molecule has 0 amide bonds. The van der Waals surface area contributed by atoms with Crippen LogP contribution in [0.5, 0.6) is 0 Å². The number of aromatic amines is 1. The quantitative estimate of drug-likeness (QED) is 0.747. The Morgan fingerprint density at radius 2 is 1.86 bits per heavy atom. The van der Waals surface area contributed by atoms with E-state index in [4.69, 9.17) is 4.74 Å². The van der Waals surface area contributed by atoms with Crippen molar-refractivity contribution in [1.29, 1.82) is 0 Å². The van der Waals surface area contributed by atoms with Gasteiger partial charge in [-0.15, -0.1) is 0 Å². The fourth-order valence-electron chi connectivity index (χ4n) is 3.85. The summed E-state index contributed by atoms with van der Waals surface area (Å²) in [6, 6.07) is 9.90. The fourth-order valence-corrected chi connectivity index (χ4v) is 3.85. The van der Waals surface area contributed by atoms with Crippen molar-refractivity contribution in [2.75, 3.05) is 32.8 Å². The molecule has 2 heterocycles. The molecule has 150 valence electrons. The van der Waals surface area contributed by atoms with Crippen LogP contribution >= 0.6 is 0 Å². The van der Waals surface area contributed by atoms with E-state index in [1.807, 2.05) is 32.0 Å². The summed E-state index contributed by atoms with van der Waals surface area (Å²) >= 11 is 0. The van der Waals surface area contributed by atoms with Gasteiger partial charge in [-0.1, -0.05) is 31.2 Å². The number of ketones is 1. The SMILES string of the molecule is Cc1cc(C)c(CCC(=O)c2ccc(C(C)CN3CCOCC3)cc2)c(=O)[nH]1. The number of rotatable bonds is 7. The average Bonchev–Trinajstić information content (AvgIpc) is 2.68. The molecule has 1 atom stereocenters. The zero-order valence-corrected chi connectivity index (χ0v) is 17.1. The molecule has 5 nitrogen and oxygen atoms in total. The van der Waals surface area contributed by atoms with Crippen LogP contribution in [-0.2, 0) is 11.2 Å². The monoisotopic (exact) mass is 382 g/mol. The molecule has 1 aromatic heterocycles. The smallest absolute Gasteiger partial charge is 0.251 e. The summed E-state index contributed by atoms with van der Waals surface area (Å²) in [6.07, 6.45) is 0.811. The lowest BCUT2D eigenvalue weighted by atomic mass is 9.96. The van der Waals surface area contributed by atoms with Gasteiger partial charge in [0.25, 0.3) is 5.56 Å². The van der Waals surface area contributed by atoms with Crippen LogP contribution in [0.3, 0.4) is 0 Å². The van der Waals surface area contributed by atoms with Crippen molar-refractivity contribution in [2.45, 2.75) is 39.5 Å². The molecular weight excluding hydrogens is 352 g/mol. The lowest BCUT2D eigenvalue weighted by molar-refractivity contribution is 0.0357. The molecule has 3 rings (SSSR count). The van der Waals surface area contributed by atoms with Gasteiger partial charge in [0.2, 0.25) is 0 Å². The molecule has 5 heteroatoms. The van der Waals surface area contributed by atoms with Crippen molar-refractivity contribution in [2.24, 2.45) is 0 Å². The first-order chi connectivity index (χ1) is 13.4. The summed E-state index contributed by atoms with van der Waals surface area (Å²) in [5.74, 6) is 0.489. The van der Waals surface area contributed by atoms with E-state index in [0.717, 1.165) is 44.1 Å². The highest BCUT2D eigenvalue weighted by atomic mass is 16.5. The molecule has 1 N–H and O–H groups in total. The van der Waals surface area contributed by atoms with Gasteiger partial charge in [-0.25, -0.2) is 0 Å². The molecule has 0 bridgehead atoms. The highest BCUT2D eigenvalue weighted by Gasteiger charge is 2.16. The van der Waals surface area contributed by atoms with Gasteiger partial charge >= 0.3 is 0 Å². The Labute approximate surface area is 166 Å². The van der Waals surface area contributed by atoms with Gasteiger partial charge in [0.15, 0.2) is 5.78 Å². The predicted octanol–water partition coefficient (Wildman–Crippen LogP) is 3.24. The molecule has 2 aromatic rings. The number of aromatic nitrogens is 1. The second kappa shape index (κ2) is 9.30. The number of pyridine rings is 1. The predicted molar refractivity (Wildman–Crippen MR) is 111 cm³/mol. The molecule has 0 saturated carbocycles. The Kier molecular flexibility index (Phi) is 6.81. The van der Waals surface area contributed by atoms with Gasteiger partial charge in [0.05, 0.1) is 13.2 Å². The normalized spacial score (nSPS) is 16.1. The molecule has 1 unspecified atom stereocenters. The van der Waals surface area contributed by atoms with E-state index in [2.05, 4.69) is 28.9 Å². The molecular formula is C23H30N2O3. The summed E-state index contributed by atoms with van der Waals surface area (Å²) in [5, 5.41) is 0. The number of nitrogens with one attached hydrogen (secondary N) is 1. The molecule has 1 aromatic carbocycles. The highest BCUT2D eigenvalue weighted by molar-refractivity contribution is 5.96. The lowest BCUT2D eigenvalue weighted by Gasteiger charge is -2.29. The van der Waals surface area contributed by atoms with Crippen LogP contribution in [-0.4, -0.2) is 48.5 Å². The number of carbonyl (C=O) groups excluding carboxylic acids is 1. The highest BCUT2D eigenvalue weighted by Crippen LogP contribution is 2.19. The minimum Gasteiger partial charge on any atom is -0.379 e. The maximum Gasteiger partial charge on any atom is 0.251 e. The number of H-pyrrole nitrogens is 1. The molecule has 1 fully saturated rings. The van der Waals surface area contributed by atoms with E-state index in [0.29, 0.717) is 29.9 Å².